The molecule has 0 spiro atoms. The molecule has 0 unspecified atom stereocenters. The Morgan fingerprint density at radius 1 is 1.45 bits per heavy atom. The van der Waals surface area contributed by atoms with Gasteiger partial charge in [0, 0.05) is 25.4 Å². The van der Waals surface area contributed by atoms with E-state index in [-0.39, 0.29) is 18.3 Å². The molecule has 2 heterocycles. The van der Waals surface area contributed by atoms with Crippen molar-refractivity contribution in [1.29, 1.82) is 0 Å². The molecular weight excluding hydrogens is 274 g/mol. The summed E-state index contributed by atoms with van der Waals surface area (Å²) in [6.45, 7) is 4.83. The lowest BCUT2D eigenvalue weighted by Gasteiger charge is -2.22. The number of piperidine rings is 1. The zero-order chi connectivity index (χ0) is 13.5. The van der Waals surface area contributed by atoms with Gasteiger partial charge in [-0.05, 0) is 62.4 Å². The molecule has 0 aliphatic carbocycles. The van der Waals surface area contributed by atoms with Gasteiger partial charge in [-0.25, -0.2) is 0 Å². The zero-order valence-corrected chi connectivity index (χ0v) is 12.8. The molecule has 20 heavy (non-hydrogen) atoms. The van der Waals surface area contributed by atoms with Crippen molar-refractivity contribution in [2.75, 3.05) is 13.1 Å². The van der Waals surface area contributed by atoms with Gasteiger partial charge in [0.25, 0.3) is 0 Å². The number of amides is 1. The number of rotatable bonds is 5. The molecule has 112 valence electrons. The van der Waals surface area contributed by atoms with Gasteiger partial charge < -0.3 is 10.6 Å². The molecule has 0 atom stereocenters. The van der Waals surface area contributed by atoms with Crippen molar-refractivity contribution in [2.45, 2.75) is 39.2 Å². The second-order valence-corrected chi connectivity index (χ2v) is 5.31. The maximum atomic E-state index is 11.8. The lowest BCUT2D eigenvalue weighted by atomic mass is 9.93. The smallest absolute Gasteiger partial charge is 0.220 e. The summed E-state index contributed by atoms with van der Waals surface area (Å²) in [7, 11) is 0. The molecule has 1 aliphatic heterocycles. The van der Waals surface area contributed by atoms with Crippen LogP contribution < -0.4 is 10.6 Å². The van der Waals surface area contributed by atoms with Gasteiger partial charge in [-0.3, -0.25) is 9.78 Å². The number of aromatic nitrogens is 1. The van der Waals surface area contributed by atoms with Crippen LogP contribution in [0.1, 0.15) is 36.8 Å². The molecule has 1 fully saturated rings. The second kappa shape index (κ2) is 8.93. The van der Waals surface area contributed by atoms with E-state index < -0.39 is 0 Å². The Morgan fingerprint density at radius 3 is 2.90 bits per heavy atom. The molecule has 0 aromatic carbocycles. The van der Waals surface area contributed by atoms with Crippen LogP contribution in [0.15, 0.2) is 18.5 Å². The molecule has 1 saturated heterocycles. The summed E-state index contributed by atoms with van der Waals surface area (Å²) in [6.07, 6.45) is 7.67. The van der Waals surface area contributed by atoms with Crippen molar-refractivity contribution < 1.29 is 4.79 Å². The van der Waals surface area contributed by atoms with Crippen molar-refractivity contribution in [3.05, 3.63) is 29.6 Å². The Bertz CT molecular complexity index is 419. The number of hydrogen-bond acceptors (Lipinski definition) is 3. The minimum Gasteiger partial charge on any atom is -0.352 e. The summed E-state index contributed by atoms with van der Waals surface area (Å²) in [5.41, 5.74) is 2.27. The van der Waals surface area contributed by atoms with Crippen LogP contribution in [0.5, 0.6) is 0 Å². The van der Waals surface area contributed by atoms with Gasteiger partial charge in [0.15, 0.2) is 0 Å². The van der Waals surface area contributed by atoms with E-state index in [4.69, 9.17) is 0 Å². The van der Waals surface area contributed by atoms with E-state index in [0.717, 1.165) is 36.6 Å². The van der Waals surface area contributed by atoms with Crippen molar-refractivity contribution in [1.82, 2.24) is 15.6 Å². The van der Waals surface area contributed by atoms with Crippen LogP contribution in [0.4, 0.5) is 0 Å². The Kier molecular flexibility index (Phi) is 7.55. The van der Waals surface area contributed by atoms with Crippen LogP contribution >= 0.6 is 12.4 Å². The molecule has 1 aromatic heterocycles. The van der Waals surface area contributed by atoms with Gasteiger partial charge >= 0.3 is 0 Å². The van der Waals surface area contributed by atoms with Crippen LogP contribution in [-0.4, -0.2) is 24.0 Å². The summed E-state index contributed by atoms with van der Waals surface area (Å²) in [5.74, 6) is 0.879. The third-order valence-electron chi connectivity index (χ3n) is 3.85. The molecule has 0 bridgehead atoms. The van der Waals surface area contributed by atoms with Crippen LogP contribution in [0.2, 0.25) is 0 Å². The topological polar surface area (TPSA) is 54.0 Å². The van der Waals surface area contributed by atoms with Gasteiger partial charge in [-0.15, -0.1) is 12.4 Å². The quantitative estimate of drug-likeness (QED) is 0.876. The first-order chi connectivity index (χ1) is 9.25. The summed E-state index contributed by atoms with van der Waals surface area (Å²) < 4.78 is 0. The Morgan fingerprint density at radius 2 is 2.20 bits per heavy atom. The summed E-state index contributed by atoms with van der Waals surface area (Å²) >= 11 is 0. The van der Waals surface area contributed by atoms with Gasteiger partial charge in [-0.2, -0.15) is 0 Å². The highest BCUT2D eigenvalue weighted by atomic mass is 35.5. The monoisotopic (exact) mass is 297 g/mol. The van der Waals surface area contributed by atoms with Gasteiger partial charge in [-0.1, -0.05) is 0 Å². The van der Waals surface area contributed by atoms with Crippen molar-refractivity contribution in [3.63, 3.8) is 0 Å². The van der Waals surface area contributed by atoms with Gasteiger partial charge in [0.1, 0.15) is 0 Å². The highest BCUT2D eigenvalue weighted by molar-refractivity contribution is 5.85. The normalized spacial score (nSPS) is 15.4. The summed E-state index contributed by atoms with van der Waals surface area (Å²) in [4.78, 5) is 15.9. The minimum absolute atomic E-state index is 0. The number of nitrogens with zero attached hydrogens (tertiary/aromatic N) is 1. The van der Waals surface area contributed by atoms with Crippen molar-refractivity contribution in [3.8, 4) is 0 Å². The first kappa shape index (κ1) is 16.9. The van der Waals surface area contributed by atoms with Crippen LogP contribution in [0, 0.1) is 12.8 Å². The standard InChI is InChI=1S/C15H23N3O.ClH/c1-12-10-17-9-6-14(12)11-18-15(19)3-2-13-4-7-16-8-5-13;/h6,9-10,13,16H,2-5,7-8,11H2,1H3,(H,18,19);1H. The summed E-state index contributed by atoms with van der Waals surface area (Å²) in [6, 6.07) is 1.96. The van der Waals surface area contributed by atoms with E-state index in [2.05, 4.69) is 15.6 Å². The Balaban J connectivity index is 0.00000200. The van der Waals surface area contributed by atoms with Gasteiger partial charge in [0.05, 0.1) is 0 Å². The zero-order valence-electron chi connectivity index (χ0n) is 12.0. The number of halogens is 1. The van der Waals surface area contributed by atoms with E-state index in [1.165, 1.54) is 12.8 Å². The average molecular weight is 298 g/mol. The Labute approximate surface area is 127 Å². The maximum absolute atomic E-state index is 11.8. The van der Waals surface area contributed by atoms with Gasteiger partial charge in [0.2, 0.25) is 5.91 Å². The average Bonchev–Trinajstić information content (AvgIpc) is 2.45. The number of nitrogens with one attached hydrogen (secondary N) is 2. The van der Waals surface area contributed by atoms with E-state index in [1.54, 1.807) is 6.20 Å². The second-order valence-electron chi connectivity index (χ2n) is 5.31. The number of carbonyl (C=O) groups is 1. The molecule has 4 nitrogen and oxygen atoms in total. The predicted octanol–water partition coefficient (Wildman–Crippen LogP) is 2.21. The fraction of sp³-hybridized carbons (Fsp3) is 0.600. The van der Waals surface area contributed by atoms with Crippen molar-refractivity contribution in [2.24, 2.45) is 5.92 Å². The van der Waals surface area contributed by atoms with Crippen LogP contribution in [0.3, 0.4) is 0 Å². The minimum atomic E-state index is 0. The molecule has 2 rings (SSSR count). The van der Waals surface area contributed by atoms with E-state index in [0.29, 0.717) is 13.0 Å². The molecular formula is C15H24ClN3O. The lowest BCUT2D eigenvalue weighted by Crippen LogP contribution is -2.29. The van der Waals surface area contributed by atoms with Crippen LogP contribution in [-0.2, 0) is 11.3 Å². The fourth-order valence-electron chi connectivity index (χ4n) is 2.49. The fourth-order valence-corrected chi connectivity index (χ4v) is 2.49. The highest BCUT2D eigenvalue weighted by Gasteiger charge is 2.14. The molecule has 1 aliphatic rings. The predicted molar refractivity (Wildman–Crippen MR) is 82.9 cm³/mol. The number of pyridine rings is 1. The third kappa shape index (κ3) is 5.47. The van der Waals surface area contributed by atoms with E-state index in [1.807, 2.05) is 19.2 Å². The van der Waals surface area contributed by atoms with E-state index >= 15 is 0 Å². The molecule has 1 amide bonds. The number of carbonyl (C=O) groups excluding carboxylic acids is 1. The highest BCUT2D eigenvalue weighted by Crippen LogP contribution is 2.17. The largest absolute Gasteiger partial charge is 0.352 e. The SMILES string of the molecule is Cc1cnccc1CNC(=O)CCC1CCNCC1.Cl. The first-order valence-corrected chi connectivity index (χ1v) is 7.12. The first-order valence-electron chi connectivity index (χ1n) is 7.12. The maximum Gasteiger partial charge on any atom is 0.220 e. The molecule has 1 aromatic rings. The molecule has 5 heteroatoms. The lowest BCUT2D eigenvalue weighted by molar-refractivity contribution is -0.121. The molecule has 2 N–H and O–H groups in total. The van der Waals surface area contributed by atoms with E-state index in [9.17, 15) is 4.79 Å². The number of hydrogen-bond donors (Lipinski definition) is 2. The Hall–Kier alpha value is -1.13. The van der Waals surface area contributed by atoms with Crippen LogP contribution in [0.25, 0.3) is 0 Å². The third-order valence-corrected chi connectivity index (χ3v) is 3.85. The molecule has 0 saturated carbocycles. The molecule has 0 radical (unpaired) electrons. The number of aryl methyl sites for hydroxylation is 1. The van der Waals surface area contributed by atoms with Crippen molar-refractivity contribution >= 4 is 18.3 Å². The summed E-state index contributed by atoms with van der Waals surface area (Å²) in [5, 5.41) is 6.35.